The van der Waals surface area contributed by atoms with Gasteiger partial charge in [-0.05, 0) is 30.4 Å². The first-order chi connectivity index (χ1) is 7.16. The Morgan fingerprint density at radius 2 is 2.13 bits per heavy atom. The molecule has 1 aliphatic heterocycles. The SMILES string of the molecule is CC1CCN(C(=O)c2nnc(Cl)s2)CC1. The number of aromatic nitrogens is 2. The van der Waals surface area contributed by atoms with E-state index in [1.807, 2.05) is 4.90 Å². The molecular formula is C9H12ClN3OS. The van der Waals surface area contributed by atoms with E-state index < -0.39 is 0 Å². The highest BCUT2D eigenvalue weighted by atomic mass is 35.5. The number of piperidine rings is 1. The van der Waals surface area contributed by atoms with Crippen LogP contribution >= 0.6 is 22.9 Å². The molecule has 1 aliphatic rings. The molecule has 0 aromatic carbocycles. The number of halogens is 1. The number of carbonyl (C=O) groups is 1. The molecule has 6 heteroatoms. The normalized spacial score (nSPS) is 18.1. The molecule has 0 aliphatic carbocycles. The molecule has 0 radical (unpaired) electrons. The smallest absolute Gasteiger partial charge is 0.284 e. The minimum atomic E-state index is -0.0358. The van der Waals surface area contributed by atoms with Gasteiger partial charge in [0.1, 0.15) is 0 Å². The fourth-order valence-corrected chi connectivity index (χ4v) is 2.43. The summed E-state index contributed by atoms with van der Waals surface area (Å²) in [5, 5.41) is 7.79. The molecule has 0 saturated carbocycles. The maximum Gasteiger partial charge on any atom is 0.284 e. The van der Waals surface area contributed by atoms with Gasteiger partial charge in [0, 0.05) is 13.1 Å². The summed E-state index contributed by atoms with van der Waals surface area (Å²) in [6.07, 6.45) is 2.14. The number of hydrogen-bond donors (Lipinski definition) is 0. The molecule has 0 N–H and O–H groups in total. The topological polar surface area (TPSA) is 46.1 Å². The van der Waals surface area contributed by atoms with Crippen molar-refractivity contribution in [3.63, 3.8) is 0 Å². The predicted molar refractivity (Wildman–Crippen MR) is 59.2 cm³/mol. The molecule has 2 rings (SSSR count). The highest BCUT2D eigenvalue weighted by Crippen LogP contribution is 2.21. The third-order valence-corrected chi connectivity index (χ3v) is 3.66. The largest absolute Gasteiger partial charge is 0.337 e. The third kappa shape index (κ3) is 2.46. The minimum absolute atomic E-state index is 0.0358. The first-order valence-electron chi connectivity index (χ1n) is 4.95. The monoisotopic (exact) mass is 245 g/mol. The molecule has 0 unspecified atom stereocenters. The van der Waals surface area contributed by atoms with Crippen molar-refractivity contribution in [3.8, 4) is 0 Å². The summed E-state index contributed by atoms with van der Waals surface area (Å²) in [6, 6.07) is 0. The van der Waals surface area contributed by atoms with Crippen LogP contribution in [0.5, 0.6) is 0 Å². The lowest BCUT2D eigenvalue weighted by Gasteiger charge is -2.29. The molecule has 1 aromatic heterocycles. The zero-order valence-electron chi connectivity index (χ0n) is 8.44. The number of likely N-dealkylation sites (tertiary alicyclic amines) is 1. The van der Waals surface area contributed by atoms with Crippen LogP contribution < -0.4 is 0 Å². The van der Waals surface area contributed by atoms with Crippen molar-refractivity contribution >= 4 is 28.8 Å². The quantitative estimate of drug-likeness (QED) is 0.761. The third-order valence-electron chi connectivity index (χ3n) is 2.65. The number of rotatable bonds is 1. The molecule has 82 valence electrons. The Bertz CT molecular complexity index is 360. The summed E-state index contributed by atoms with van der Waals surface area (Å²) in [6.45, 7) is 3.85. The second-order valence-corrected chi connectivity index (χ2v) is 5.39. The molecular weight excluding hydrogens is 234 g/mol. The Labute approximate surface area is 97.3 Å². The lowest BCUT2D eigenvalue weighted by molar-refractivity contribution is 0.0696. The predicted octanol–water partition coefficient (Wildman–Crippen LogP) is 2.06. The van der Waals surface area contributed by atoms with Crippen molar-refractivity contribution in [2.45, 2.75) is 19.8 Å². The molecule has 0 atom stereocenters. The minimum Gasteiger partial charge on any atom is -0.337 e. The molecule has 0 bridgehead atoms. The van der Waals surface area contributed by atoms with Crippen molar-refractivity contribution in [3.05, 3.63) is 9.47 Å². The summed E-state index contributed by atoms with van der Waals surface area (Å²) >= 11 is 6.78. The molecule has 1 amide bonds. The van der Waals surface area contributed by atoms with Crippen LogP contribution in [0, 0.1) is 5.92 Å². The molecule has 4 nitrogen and oxygen atoms in total. The molecule has 15 heavy (non-hydrogen) atoms. The average Bonchev–Trinajstić information content (AvgIpc) is 2.65. The van der Waals surface area contributed by atoms with Gasteiger partial charge in [-0.2, -0.15) is 0 Å². The average molecular weight is 246 g/mol. The van der Waals surface area contributed by atoms with Crippen LogP contribution in [0.4, 0.5) is 0 Å². The summed E-state index contributed by atoms with van der Waals surface area (Å²) in [4.78, 5) is 13.7. The zero-order chi connectivity index (χ0) is 10.8. The molecule has 0 spiro atoms. The van der Waals surface area contributed by atoms with E-state index in [4.69, 9.17) is 11.6 Å². The van der Waals surface area contributed by atoms with Crippen LogP contribution in [-0.4, -0.2) is 34.1 Å². The van der Waals surface area contributed by atoms with Gasteiger partial charge < -0.3 is 4.90 Å². The first-order valence-corrected chi connectivity index (χ1v) is 6.14. The molecule has 1 fully saturated rings. The van der Waals surface area contributed by atoms with Crippen molar-refractivity contribution in [2.24, 2.45) is 5.92 Å². The molecule has 2 heterocycles. The van der Waals surface area contributed by atoms with E-state index in [9.17, 15) is 4.79 Å². The number of carbonyl (C=O) groups excluding carboxylic acids is 1. The van der Waals surface area contributed by atoms with Gasteiger partial charge in [0.2, 0.25) is 9.47 Å². The lowest BCUT2D eigenvalue weighted by atomic mass is 9.99. The van der Waals surface area contributed by atoms with Gasteiger partial charge in [0.25, 0.3) is 5.91 Å². The molecule has 1 aromatic rings. The van der Waals surface area contributed by atoms with Crippen molar-refractivity contribution in [1.29, 1.82) is 0 Å². The van der Waals surface area contributed by atoms with Crippen LogP contribution in [0.1, 0.15) is 29.6 Å². The van der Waals surface area contributed by atoms with E-state index in [-0.39, 0.29) is 5.91 Å². The highest BCUT2D eigenvalue weighted by Gasteiger charge is 2.23. The Hall–Kier alpha value is -0.680. The maximum atomic E-state index is 11.9. The fraction of sp³-hybridized carbons (Fsp3) is 0.667. The van der Waals surface area contributed by atoms with Crippen molar-refractivity contribution in [1.82, 2.24) is 15.1 Å². The summed E-state index contributed by atoms with van der Waals surface area (Å²) in [7, 11) is 0. The van der Waals surface area contributed by atoms with Crippen LogP contribution in [-0.2, 0) is 0 Å². The van der Waals surface area contributed by atoms with Gasteiger partial charge in [-0.25, -0.2) is 0 Å². The number of nitrogens with zero attached hydrogens (tertiary/aromatic N) is 3. The van der Waals surface area contributed by atoms with E-state index in [1.54, 1.807) is 0 Å². The summed E-state index contributed by atoms with van der Waals surface area (Å²) in [5.41, 5.74) is 0. The number of hydrogen-bond acceptors (Lipinski definition) is 4. The molecule has 1 saturated heterocycles. The van der Waals surface area contributed by atoms with Gasteiger partial charge >= 0.3 is 0 Å². The summed E-state index contributed by atoms with van der Waals surface area (Å²) < 4.78 is 0.323. The fourth-order valence-electron chi connectivity index (χ4n) is 1.64. The van der Waals surface area contributed by atoms with E-state index in [1.165, 1.54) is 0 Å². The highest BCUT2D eigenvalue weighted by molar-refractivity contribution is 7.17. The van der Waals surface area contributed by atoms with E-state index in [0.717, 1.165) is 37.3 Å². The Morgan fingerprint density at radius 1 is 1.47 bits per heavy atom. The van der Waals surface area contributed by atoms with E-state index in [2.05, 4.69) is 17.1 Å². The second kappa shape index (κ2) is 4.45. The summed E-state index contributed by atoms with van der Waals surface area (Å²) in [5.74, 6) is 0.679. The van der Waals surface area contributed by atoms with E-state index in [0.29, 0.717) is 15.4 Å². The van der Waals surface area contributed by atoms with Gasteiger partial charge in [-0.15, -0.1) is 10.2 Å². The Kier molecular flexibility index (Phi) is 3.21. The van der Waals surface area contributed by atoms with Gasteiger partial charge in [0.05, 0.1) is 0 Å². The Balaban J connectivity index is 2.02. The van der Waals surface area contributed by atoms with Crippen molar-refractivity contribution < 1.29 is 4.79 Å². The zero-order valence-corrected chi connectivity index (χ0v) is 10.0. The second-order valence-electron chi connectivity index (χ2n) is 3.83. The van der Waals surface area contributed by atoms with Crippen LogP contribution in [0.25, 0.3) is 0 Å². The Morgan fingerprint density at radius 3 is 2.67 bits per heavy atom. The maximum absolute atomic E-state index is 11.9. The van der Waals surface area contributed by atoms with Gasteiger partial charge in [-0.1, -0.05) is 18.3 Å². The van der Waals surface area contributed by atoms with Crippen LogP contribution in [0.3, 0.4) is 0 Å². The lowest BCUT2D eigenvalue weighted by Crippen LogP contribution is -2.37. The van der Waals surface area contributed by atoms with Gasteiger partial charge in [0.15, 0.2) is 0 Å². The standard InChI is InChI=1S/C9H12ClN3OS/c1-6-2-4-13(5-3-6)8(14)7-11-12-9(10)15-7/h6H,2-5H2,1H3. The van der Waals surface area contributed by atoms with E-state index >= 15 is 0 Å². The first kappa shape index (κ1) is 10.8. The van der Waals surface area contributed by atoms with Crippen molar-refractivity contribution in [2.75, 3.05) is 13.1 Å². The van der Waals surface area contributed by atoms with Crippen LogP contribution in [0.15, 0.2) is 0 Å². The van der Waals surface area contributed by atoms with Gasteiger partial charge in [-0.3, -0.25) is 4.79 Å². The number of amides is 1. The van der Waals surface area contributed by atoms with Crippen LogP contribution in [0.2, 0.25) is 4.47 Å².